The minimum atomic E-state index is -0.279. The second-order valence-corrected chi connectivity index (χ2v) is 3.56. The fraction of sp³-hybridized carbons (Fsp3) is 0.700. The van der Waals surface area contributed by atoms with Gasteiger partial charge in [-0.2, -0.15) is 0 Å². The van der Waals surface area contributed by atoms with Gasteiger partial charge in [0.25, 0.3) is 0 Å². The third-order valence-corrected chi connectivity index (χ3v) is 2.31. The predicted molar refractivity (Wildman–Crippen MR) is 51.3 cm³/mol. The van der Waals surface area contributed by atoms with Crippen molar-refractivity contribution in [1.29, 1.82) is 0 Å². The summed E-state index contributed by atoms with van der Waals surface area (Å²) in [6, 6.07) is 0.558. The third-order valence-electron chi connectivity index (χ3n) is 2.31. The Kier molecular flexibility index (Phi) is 3.48. The van der Waals surface area contributed by atoms with Crippen molar-refractivity contribution < 1.29 is 9.53 Å². The van der Waals surface area contributed by atoms with E-state index in [0.717, 1.165) is 13.0 Å². The Balaban J connectivity index is 2.23. The molecule has 0 aromatic rings. The minimum Gasteiger partial charge on any atom is -0.462 e. The molecule has 2 atom stereocenters. The first-order valence-corrected chi connectivity index (χ1v) is 4.71. The van der Waals surface area contributed by atoms with Crippen molar-refractivity contribution in [3.63, 3.8) is 0 Å². The highest BCUT2D eigenvalue weighted by Crippen LogP contribution is 2.16. The van der Waals surface area contributed by atoms with Crippen LogP contribution in [-0.4, -0.2) is 25.2 Å². The van der Waals surface area contributed by atoms with Gasteiger partial charge >= 0.3 is 5.97 Å². The Morgan fingerprint density at radius 2 is 2.38 bits per heavy atom. The average molecular weight is 183 g/mol. The summed E-state index contributed by atoms with van der Waals surface area (Å²) in [5.41, 5.74) is 0.471. The van der Waals surface area contributed by atoms with E-state index in [4.69, 9.17) is 4.74 Å². The zero-order chi connectivity index (χ0) is 9.84. The van der Waals surface area contributed by atoms with Gasteiger partial charge in [-0.3, -0.25) is 0 Å². The molecule has 3 nitrogen and oxygen atoms in total. The molecule has 1 fully saturated rings. The molecule has 0 amide bonds. The Hall–Kier alpha value is -0.830. The number of nitrogens with one attached hydrogen (secondary N) is 1. The molecule has 0 aliphatic carbocycles. The summed E-state index contributed by atoms with van der Waals surface area (Å²) in [6.07, 6.45) is 1.04. The summed E-state index contributed by atoms with van der Waals surface area (Å²) in [4.78, 5) is 11.1. The van der Waals surface area contributed by atoms with Crippen LogP contribution >= 0.6 is 0 Å². The lowest BCUT2D eigenvalue weighted by Crippen LogP contribution is -2.19. The quantitative estimate of drug-likeness (QED) is 0.394. The van der Waals surface area contributed by atoms with Crippen LogP contribution in [0.1, 0.15) is 20.3 Å². The molecule has 1 aliphatic rings. The van der Waals surface area contributed by atoms with Crippen molar-refractivity contribution >= 4 is 5.97 Å². The van der Waals surface area contributed by atoms with Gasteiger partial charge in [0, 0.05) is 24.1 Å². The Morgan fingerprint density at radius 1 is 1.77 bits per heavy atom. The summed E-state index contributed by atoms with van der Waals surface area (Å²) in [5.74, 6) is 0.183. The highest BCUT2D eigenvalue weighted by Gasteiger charge is 2.29. The molecular weight excluding hydrogens is 166 g/mol. The first-order valence-electron chi connectivity index (χ1n) is 4.71. The molecule has 1 heterocycles. The summed E-state index contributed by atoms with van der Waals surface area (Å²) in [6.45, 7) is 8.88. The molecule has 74 valence electrons. The number of rotatable bonds is 5. The molecule has 1 N–H and O–H groups in total. The van der Waals surface area contributed by atoms with Crippen LogP contribution in [0.25, 0.3) is 0 Å². The maximum absolute atomic E-state index is 11.1. The molecule has 13 heavy (non-hydrogen) atoms. The van der Waals surface area contributed by atoms with Gasteiger partial charge in [-0.05, 0) is 13.3 Å². The summed E-state index contributed by atoms with van der Waals surface area (Å²) in [7, 11) is 0. The van der Waals surface area contributed by atoms with E-state index in [9.17, 15) is 4.79 Å². The Labute approximate surface area is 79.2 Å². The van der Waals surface area contributed by atoms with Crippen molar-refractivity contribution in [2.75, 3.05) is 13.2 Å². The van der Waals surface area contributed by atoms with Crippen LogP contribution in [0, 0.1) is 5.92 Å². The molecule has 0 bridgehead atoms. The number of esters is 1. The molecule has 0 saturated carbocycles. The molecule has 0 spiro atoms. The van der Waals surface area contributed by atoms with Crippen molar-refractivity contribution in [1.82, 2.24) is 5.32 Å². The predicted octanol–water partition coefficient (Wildman–Crippen LogP) is 1.10. The number of hydrogen-bond donors (Lipinski definition) is 1. The van der Waals surface area contributed by atoms with E-state index in [-0.39, 0.29) is 5.97 Å². The van der Waals surface area contributed by atoms with Gasteiger partial charge in [0.2, 0.25) is 0 Å². The zero-order valence-electron chi connectivity index (χ0n) is 8.30. The molecule has 2 unspecified atom stereocenters. The molecular formula is C10H17NO2. The lowest BCUT2D eigenvalue weighted by Gasteiger charge is -2.12. The number of hydrogen-bond acceptors (Lipinski definition) is 3. The van der Waals surface area contributed by atoms with E-state index in [2.05, 4.69) is 18.8 Å². The van der Waals surface area contributed by atoms with Gasteiger partial charge < -0.3 is 10.1 Å². The van der Waals surface area contributed by atoms with Crippen LogP contribution in [0.4, 0.5) is 0 Å². The molecule has 3 heteroatoms. The Bertz CT molecular complexity index is 209. The third kappa shape index (κ3) is 3.19. The van der Waals surface area contributed by atoms with Gasteiger partial charge in [-0.1, -0.05) is 13.5 Å². The second-order valence-electron chi connectivity index (χ2n) is 3.56. The molecule has 1 saturated heterocycles. The van der Waals surface area contributed by atoms with E-state index < -0.39 is 0 Å². The van der Waals surface area contributed by atoms with Crippen molar-refractivity contribution in [2.45, 2.75) is 26.3 Å². The number of carbonyl (C=O) groups is 1. The van der Waals surface area contributed by atoms with Gasteiger partial charge in [-0.15, -0.1) is 0 Å². The first kappa shape index (κ1) is 10.3. The van der Waals surface area contributed by atoms with Crippen LogP contribution in [0.3, 0.4) is 0 Å². The van der Waals surface area contributed by atoms with Gasteiger partial charge in [0.05, 0.1) is 6.61 Å². The van der Waals surface area contributed by atoms with Crippen LogP contribution in [0.15, 0.2) is 12.2 Å². The first-order chi connectivity index (χ1) is 6.15. The fourth-order valence-corrected chi connectivity index (χ4v) is 1.23. The lowest BCUT2D eigenvalue weighted by molar-refractivity contribution is -0.140. The molecule has 0 radical (unpaired) electrons. The largest absolute Gasteiger partial charge is 0.462 e. The molecule has 1 aliphatic heterocycles. The molecule has 0 aromatic heterocycles. The Morgan fingerprint density at radius 3 is 2.77 bits per heavy atom. The van der Waals surface area contributed by atoms with Crippen molar-refractivity contribution in [3.05, 3.63) is 12.2 Å². The van der Waals surface area contributed by atoms with Gasteiger partial charge in [-0.25, -0.2) is 4.79 Å². The fourth-order valence-electron chi connectivity index (χ4n) is 1.23. The lowest BCUT2D eigenvalue weighted by atomic mass is 10.0. The summed E-state index contributed by atoms with van der Waals surface area (Å²) < 4.78 is 5.08. The van der Waals surface area contributed by atoms with Crippen LogP contribution in [-0.2, 0) is 9.53 Å². The zero-order valence-corrected chi connectivity index (χ0v) is 8.30. The van der Waals surface area contributed by atoms with Crippen LogP contribution in [0.5, 0.6) is 0 Å². The van der Waals surface area contributed by atoms with E-state index in [0.29, 0.717) is 24.1 Å². The monoisotopic (exact) mass is 183 g/mol. The van der Waals surface area contributed by atoms with Crippen LogP contribution in [0.2, 0.25) is 0 Å². The normalized spacial score (nSPS) is 22.2. The highest BCUT2D eigenvalue weighted by molar-refractivity contribution is 5.86. The van der Waals surface area contributed by atoms with E-state index in [1.165, 1.54) is 0 Å². The van der Waals surface area contributed by atoms with Crippen LogP contribution < -0.4 is 5.32 Å². The van der Waals surface area contributed by atoms with Gasteiger partial charge in [0.15, 0.2) is 0 Å². The SMILES string of the molecule is C=C(C)C(=O)OCC(CC)C1CN1. The van der Waals surface area contributed by atoms with E-state index >= 15 is 0 Å². The maximum Gasteiger partial charge on any atom is 0.333 e. The molecule has 0 aromatic carbocycles. The standard InChI is InChI=1S/C10H17NO2/c1-4-8(9-5-11-9)6-13-10(12)7(2)3/h8-9,11H,2,4-6H2,1,3H3. The number of carbonyl (C=O) groups excluding carboxylic acids is 1. The van der Waals surface area contributed by atoms with Crippen molar-refractivity contribution in [3.8, 4) is 0 Å². The maximum atomic E-state index is 11.1. The average Bonchev–Trinajstić information content (AvgIpc) is 2.88. The topological polar surface area (TPSA) is 48.2 Å². The minimum absolute atomic E-state index is 0.279. The van der Waals surface area contributed by atoms with Gasteiger partial charge in [0.1, 0.15) is 0 Å². The second kappa shape index (κ2) is 4.42. The molecule has 1 rings (SSSR count). The summed E-state index contributed by atoms with van der Waals surface area (Å²) >= 11 is 0. The highest BCUT2D eigenvalue weighted by atomic mass is 16.5. The van der Waals surface area contributed by atoms with Crippen molar-refractivity contribution in [2.24, 2.45) is 5.92 Å². The number of ether oxygens (including phenoxy) is 1. The van der Waals surface area contributed by atoms with E-state index in [1.54, 1.807) is 6.92 Å². The smallest absolute Gasteiger partial charge is 0.333 e. The summed E-state index contributed by atoms with van der Waals surface area (Å²) in [5, 5.41) is 3.22. The van der Waals surface area contributed by atoms with E-state index in [1.807, 2.05) is 0 Å².